The van der Waals surface area contributed by atoms with Gasteiger partial charge in [-0.25, -0.2) is 0 Å². The number of carbonyl (C=O) groups excluding carboxylic acids is 3. The van der Waals surface area contributed by atoms with Gasteiger partial charge >= 0.3 is 17.9 Å². The molecule has 0 N–H and O–H groups in total. The molecule has 0 radical (unpaired) electrons. The first-order valence-electron chi connectivity index (χ1n) is 30.9. The fourth-order valence-corrected chi connectivity index (χ4v) is 8.35. The van der Waals surface area contributed by atoms with Crippen molar-refractivity contribution in [1.82, 2.24) is 0 Å². The van der Waals surface area contributed by atoms with E-state index in [1.165, 1.54) is 103 Å². The molecule has 74 heavy (non-hydrogen) atoms. The first kappa shape index (κ1) is 70.1. The minimum Gasteiger partial charge on any atom is -0.462 e. The smallest absolute Gasteiger partial charge is 0.306 e. The van der Waals surface area contributed by atoms with E-state index in [-0.39, 0.29) is 31.1 Å². The Labute approximate surface area is 457 Å². The molecule has 1 unspecified atom stereocenters. The SMILES string of the molecule is CC/C=C\C/C=C\C/C=C\C/C=C\C/C=C\CCCCCCCC(=O)OC(COC(=O)CCCCCCC/C=C\CCCCC)COC(=O)CCCCCCCCCC/C=C\C/C=C\C/C=C\CCCCCCC. The van der Waals surface area contributed by atoms with Crippen molar-refractivity contribution in [1.29, 1.82) is 0 Å². The van der Waals surface area contributed by atoms with Gasteiger partial charge in [0.05, 0.1) is 0 Å². The molecule has 1 atom stereocenters. The summed E-state index contributed by atoms with van der Waals surface area (Å²) in [5.41, 5.74) is 0. The molecule has 0 saturated heterocycles. The minimum absolute atomic E-state index is 0.0937. The number of hydrogen-bond acceptors (Lipinski definition) is 6. The van der Waals surface area contributed by atoms with Crippen molar-refractivity contribution < 1.29 is 28.6 Å². The predicted octanol–water partition coefficient (Wildman–Crippen LogP) is 21.0. The number of rotatable bonds is 55. The molecule has 0 aliphatic carbocycles. The van der Waals surface area contributed by atoms with Crippen molar-refractivity contribution >= 4 is 17.9 Å². The molecule has 0 fully saturated rings. The van der Waals surface area contributed by atoms with Crippen LogP contribution in [0.25, 0.3) is 0 Å². The lowest BCUT2D eigenvalue weighted by atomic mass is 10.1. The summed E-state index contributed by atoms with van der Waals surface area (Å²) in [4.78, 5) is 38.2. The summed E-state index contributed by atoms with van der Waals surface area (Å²) in [5.74, 6) is -0.925. The van der Waals surface area contributed by atoms with Gasteiger partial charge in [-0.1, -0.05) is 246 Å². The van der Waals surface area contributed by atoms with Crippen LogP contribution in [0.5, 0.6) is 0 Å². The van der Waals surface area contributed by atoms with E-state index in [0.29, 0.717) is 19.3 Å². The van der Waals surface area contributed by atoms with E-state index in [1.807, 2.05) is 0 Å². The zero-order valence-corrected chi connectivity index (χ0v) is 48.3. The highest BCUT2D eigenvalue weighted by atomic mass is 16.6. The third-order valence-electron chi connectivity index (χ3n) is 13.0. The number of hydrogen-bond donors (Lipinski definition) is 0. The quantitative estimate of drug-likeness (QED) is 0.0261. The first-order valence-corrected chi connectivity index (χ1v) is 30.9. The second kappa shape index (κ2) is 61.6. The Balaban J connectivity index is 4.40. The van der Waals surface area contributed by atoms with Crippen molar-refractivity contribution in [2.45, 2.75) is 290 Å². The minimum atomic E-state index is -0.798. The van der Waals surface area contributed by atoms with Gasteiger partial charge in [0.15, 0.2) is 6.10 Å². The van der Waals surface area contributed by atoms with E-state index in [0.717, 1.165) is 141 Å². The van der Waals surface area contributed by atoms with Gasteiger partial charge in [-0.05, 0) is 128 Å². The highest BCUT2D eigenvalue weighted by molar-refractivity contribution is 5.71. The number of unbranched alkanes of at least 4 members (excludes halogenated alkanes) is 26. The van der Waals surface area contributed by atoms with Crippen LogP contribution < -0.4 is 0 Å². The zero-order chi connectivity index (χ0) is 53.6. The Hall–Kier alpha value is -3.93. The molecule has 422 valence electrons. The molecule has 0 aromatic rings. The van der Waals surface area contributed by atoms with Crippen LogP contribution in [-0.2, 0) is 28.6 Å². The van der Waals surface area contributed by atoms with Crippen LogP contribution in [0, 0.1) is 0 Å². The van der Waals surface area contributed by atoms with Gasteiger partial charge in [0.2, 0.25) is 0 Å². The largest absolute Gasteiger partial charge is 0.462 e. The average Bonchev–Trinajstić information content (AvgIpc) is 3.40. The Kier molecular flexibility index (Phi) is 58.3. The van der Waals surface area contributed by atoms with E-state index in [2.05, 4.69) is 130 Å². The maximum absolute atomic E-state index is 12.9. The van der Waals surface area contributed by atoms with E-state index in [9.17, 15) is 14.4 Å². The summed E-state index contributed by atoms with van der Waals surface area (Å²) < 4.78 is 16.9. The Morgan fingerprint density at radius 2 is 0.527 bits per heavy atom. The normalized spacial score (nSPS) is 12.9. The highest BCUT2D eigenvalue weighted by Gasteiger charge is 2.19. The molecule has 0 aliphatic rings. The van der Waals surface area contributed by atoms with Crippen LogP contribution in [0.2, 0.25) is 0 Å². The molecule has 6 nitrogen and oxygen atoms in total. The lowest BCUT2D eigenvalue weighted by Gasteiger charge is -2.18. The van der Waals surface area contributed by atoms with Crippen molar-refractivity contribution in [3.05, 3.63) is 109 Å². The molecule has 0 aromatic carbocycles. The van der Waals surface area contributed by atoms with Gasteiger partial charge in [0.1, 0.15) is 13.2 Å². The number of esters is 3. The maximum atomic E-state index is 12.9. The molecule has 0 amide bonds. The van der Waals surface area contributed by atoms with Gasteiger partial charge in [-0.15, -0.1) is 0 Å². The molecule has 0 bridgehead atoms. The number of carbonyl (C=O) groups is 3. The van der Waals surface area contributed by atoms with Crippen LogP contribution >= 0.6 is 0 Å². The van der Waals surface area contributed by atoms with Crippen LogP contribution in [0.4, 0.5) is 0 Å². The lowest BCUT2D eigenvalue weighted by Crippen LogP contribution is -2.30. The van der Waals surface area contributed by atoms with Crippen LogP contribution in [0.15, 0.2) is 109 Å². The fraction of sp³-hybridized carbons (Fsp3) is 0.691. The van der Waals surface area contributed by atoms with Crippen molar-refractivity contribution in [2.24, 2.45) is 0 Å². The molecule has 0 saturated carbocycles. The Morgan fingerprint density at radius 1 is 0.284 bits per heavy atom. The van der Waals surface area contributed by atoms with Crippen LogP contribution in [0.3, 0.4) is 0 Å². The van der Waals surface area contributed by atoms with Gasteiger partial charge in [0, 0.05) is 19.3 Å². The summed E-state index contributed by atoms with van der Waals surface area (Å²) in [6.45, 7) is 6.47. The molecule has 0 rings (SSSR count). The summed E-state index contributed by atoms with van der Waals surface area (Å²) in [5, 5.41) is 0. The molecule has 0 aliphatic heterocycles. The lowest BCUT2D eigenvalue weighted by molar-refractivity contribution is -0.167. The molecule has 6 heteroatoms. The van der Waals surface area contributed by atoms with E-state index in [1.54, 1.807) is 0 Å². The second-order valence-electron chi connectivity index (χ2n) is 20.2. The third-order valence-corrected chi connectivity index (χ3v) is 13.0. The van der Waals surface area contributed by atoms with Crippen molar-refractivity contribution in [3.63, 3.8) is 0 Å². The predicted molar refractivity (Wildman–Crippen MR) is 320 cm³/mol. The van der Waals surface area contributed by atoms with Gasteiger partial charge < -0.3 is 14.2 Å². The average molecular weight is 1030 g/mol. The van der Waals surface area contributed by atoms with Gasteiger partial charge in [-0.2, -0.15) is 0 Å². The van der Waals surface area contributed by atoms with Gasteiger partial charge in [0.25, 0.3) is 0 Å². The van der Waals surface area contributed by atoms with Crippen molar-refractivity contribution in [3.8, 4) is 0 Å². The molecular weight excluding hydrogens is 913 g/mol. The summed E-state index contributed by atoms with van der Waals surface area (Å²) in [7, 11) is 0. The summed E-state index contributed by atoms with van der Waals surface area (Å²) in [6.07, 6.45) is 83.7. The third kappa shape index (κ3) is 59.0. The van der Waals surface area contributed by atoms with Crippen LogP contribution in [0.1, 0.15) is 284 Å². The monoisotopic (exact) mass is 1030 g/mol. The number of ether oxygens (including phenoxy) is 3. The fourth-order valence-electron chi connectivity index (χ4n) is 8.35. The van der Waals surface area contributed by atoms with Gasteiger partial charge in [-0.3, -0.25) is 14.4 Å². The molecule has 0 spiro atoms. The molecule has 0 aromatic heterocycles. The summed E-state index contributed by atoms with van der Waals surface area (Å²) >= 11 is 0. The Morgan fingerprint density at radius 3 is 0.865 bits per heavy atom. The van der Waals surface area contributed by atoms with Crippen LogP contribution in [-0.4, -0.2) is 37.2 Å². The maximum Gasteiger partial charge on any atom is 0.306 e. The first-order chi connectivity index (χ1) is 36.5. The highest BCUT2D eigenvalue weighted by Crippen LogP contribution is 2.15. The Bertz CT molecular complexity index is 1510. The molecular formula is C68H114O6. The standard InChI is InChI=1S/C68H114O6/c1-4-7-10-13-16-19-22-25-27-29-31-33-34-36-37-39-41-43-46-49-52-55-58-61-67(70)73-64-65(63-72-66(69)60-57-54-51-48-45-24-21-18-15-12-9-6-3)74-68(71)62-59-56-53-50-47-44-42-40-38-35-32-30-28-26-23-20-17-14-11-8-5-2/h8,11,17-18,20-22,25-26,28-29,31-32,34-36,40,42,65H,4-7,9-10,12-16,19,23-24,27,30,33,37-39,41,43-64H2,1-3H3/b11-8-,20-17-,21-18-,25-22-,28-26-,31-29-,35-32-,36-34-,42-40-. The number of allylic oxidation sites excluding steroid dienone is 18. The van der Waals surface area contributed by atoms with E-state index < -0.39 is 6.10 Å². The van der Waals surface area contributed by atoms with E-state index >= 15 is 0 Å². The summed E-state index contributed by atoms with van der Waals surface area (Å²) in [6, 6.07) is 0. The van der Waals surface area contributed by atoms with E-state index in [4.69, 9.17) is 14.2 Å². The topological polar surface area (TPSA) is 78.9 Å². The van der Waals surface area contributed by atoms with Crippen molar-refractivity contribution in [2.75, 3.05) is 13.2 Å². The zero-order valence-electron chi connectivity index (χ0n) is 48.3. The molecule has 0 heterocycles. The second-order valence-corrected chi connectivity index (χ2v) is 20.2.